The summed E-state index contributed by atoms with van der Waals surface area (Å²) in [4.78, 5) is 51.3. The van der Waals surface area contributed by atoms with Crippen molar-refractivity contribution in [2.24, 2.45) is 0 Å². The van der Waals surface area contributed by atoms with E-state index in [1.807, 2.05) is 31.2 Å². The molecule has 0 fully saturated rings. The lowest BCUT2D eigenvalue weighted by molar-refractivity contribution is 1.44. The summed E-state index contributed by atoms with van der Waals surface area (Å²) in [5.74, 6) is 0. The van der Waals surface area contributed by atoms with Gasteiger partial charge in [0.15, 0.2) is 0 Å². The fourth-order valence-electron chi connectivity index (χ4n) is 4.23. The molecule has 4 nitrogen and oxygen atoms in total. The molecular formula is C24H14O4. The zero-order valence-corrected chi connectivity index (χ0v) is 15.3. The van der Waals surface area contributed by atoms with Crippen LogP contribution in [0.2, 0.25) is 0 Å². The molecule has 0 saturated heterocycles. The highest BCUT2D eigenvalue weighted by Gasteiger charge is 2.25. The fraction of sp³-hybridized carbons (Fsp3) is 0.0833. The molecule has 0 spiro atoms. The second-order valence-electron chi connectivity index (χ2n) is 7.31. The van der Waals surface area contributed by atoms with Crippen LogP contribution in [-0.4, -0.2) is 0 Å². The molecule has 0 aliphatic heterocycles. The van der Waals surface area contributed by atoms with E-state index < -0.39 is 21.7 Å². The summed E-state index contributed by atoms with van der Waals surface area (Å²) in [6.07, 6.45) is 0. The maximum atomic E-state index is 12.9. The average Bonchev–Trinajstić information content (AvgIpc) is 2.69. The van der Waals surface area contributed by atoms with Gasteiger partial charge in [-0.1, -0.05) is 24.3 Å². The van der Waals surface area contributed by atoms with E-state index in [-0.39, 0.29) is 21.5 Å². The molecular weight excluding hydrogens is 352 g/mol. The Morgan fingerprint density at radius 2 is 1.00 bits per heavy atom. The lowest BCUT2D eigenvalue weighted by atomic mass is 9.84. The van der Waals surface area contributed by atoms with Crippen LogP contribution in [0.25, 0.3) is 43.8 Å². The summed E-state index contributed by atoms with van der Waals surface area (Å²) in [6, 6.07) is 14.1. The third kappa shape index (κ3) is 2.00. The van der Waals surface area contributed by atoms with Crippen LogP contribution in [0, 0.1) is 13.8 Å². The van der Waals surface area contributed by atoms with E-state index >= 15 is 0 Å². The fourth-order valence-corrected chi connectivity index (χ4v) is 4.23. The van der Waals surface area contributed by atoms with Gasteiger partial charge in [-0.2, -0.15) is 0 Å². The minimum absolute atomic E-state index is 0.194. The third-order valence-electron chi connectivity index (χ3n) is 5.52. The Bertz CT molecular complexity index is 1510. The minimum Gasteiger partial charge on any atom is -0.285 e. The maximum Gasteiger partial charge on any atom is 0.234 e. The van der Waals surface area contributed by atoms with E-state index in [0.29, 0.717) is 22.3 Å². The first-order valence-electron chi connectivity index (χ1n) is 8.95. The highest BCUT2D eigenvalue weighted by Crippen LogP contribution is 2.37. The van der Waals surface area contributed by atoms with Gasteiger partial charge in [-0.25, -0.2) is 0 Å². The molecule has 134 valence electrons. The van der Waals surface area contributed by atoms with Gasteiger partial charge in [0.2, 0.25) is 21.7 Å². The number of benzene rings is 5. The lowest BCUT2D eigenvalue weighted by Gasteiger charge is -2.16. The summed E-state index contributed by atoms with van der Waals surface area (Å²) in [5.41, 5.74) is 1.41. The Morgan fingerprint density at radius 1 is 0.571 bits per heavy atom. The molecule has 0 bridgehead atoms. The van der Waals surface area contributed by atoms with Gasteiger partial charge >= 0.3 is 0 Å². The summed E-state index contributed by atoms with van der Waals surface area (Å²) < 4.78 is 0. The zero-order chi connectivity index (χ0) is 19.7. The summed E-state index contributed by atoms with van der Waals surface area (Å²) in [6.45, 7) is 3.66. The Kier molecular flexibility index (Phi) is 3.20. The summed E-state index contributed by atoms with van der Waals surface area (Å²) in [5, 5.41) is 0.801. The van der Waals surface area contributed by atoms with E-state index in [9.17, 15) is 19.2 Å². The van der Waals surface area contributed by atoms with Crippen molar-refractivity contribution in [1.82, 2.24) is 0 Å². The first kappa shape index (κ1) is 16.5. The molecule has 3 aromatic carbocycles. The van der Waals surface area contributed by atoms with Crippen molar-refractivity contribution in [3.63, 3.8) is 0 Å². The molecule has 0 N–H and O–H groups in total. The van der Waals surface area contributed by atoms with Crippen LogP contribution in [-0.2, 0) is 0 Å². The maximum absolute atomic E-state index is 12.9. The van der Waals surface area contributed by atoms with Gasteiger partial charge in [-0.3, -0.25) is 19.2 Å². The lowest BCUT2D eigenvalue weighted by Crippen LogP contribution is -2.31. The molecule has 0 aromatic heterocycles. The van der Waals surface area contributed by atoms with Crippen molar-refractivity contribution in [2.45, 2.75) is 13.8 Å². The van der Waals surface area contributed by atoms with Gasteiger partial charge in [0.1, 0.15) is 0 Å². The van der Waals surface area contributed by atoms with Crippen molar-refractivity contribution >= 4 is 21.5 Å². The predicted octanol–water partition coefficient (Wildman–Crippen LogP) is 3.14. The predicted molar refractivity (Wildman–Crippen MR) is 112 cm³/mol. The second-order valence-corrected chi connectivity index (χ2v) is 7.31. The topological polar surface area (TPSA) is 68.3 Å². The standard InChI is InChI=1S/C24H14O4/c1-11-7-15-19-16(8-11)22(26)24(28)18-10-13(14-6-4-3-5-12(14)2)9-17(20(18)19)23(27)21(15)25/h3-10H,1-2H3. The molecule has 0 heterocycles. The molecule has 28 heavy (non-hydrogen) atoms. The first-order valence-corrected chi connectivity index (χ1v) is 8.95. The van der Waals surface area contributed by atoms with Gasteiger partial charge in [0, 0.05) is 32.7 Å². The van der Waals surface area contributed by atoms with Crippen molar-refractivity contribution in [3.8, 4) is 22.3 Å². The number of hydrogen-bond acceptors (Lipinski definition) is 4. The Morgan fingerprint density at radius 3 is 1.46 bits per heavy atom. The van der Waals surface area contributed by atoms with Crippen molar-refractivity contribution in [1.29, 1.82) is 0 Å². The SMILES string of the molecule is Cc1cc2c3c(c1)c(=O)c(=O)c1cc(-c4ccccc4C)cc(c1-3)c(=O)c2=O. The first-order chi connectivity index (χ1) is 13.4. The van der Waals surface area contributed by atoms with Crippen molar-refractivity contribution < 1.29 is 0 Å². The van der Waals surface area contributed by atoms with Crippen molar-refractivity contribution in [3.05, 3.63) is 101 Å². The summed E-state index contributed by atoms with van der Waals surface area (Å²) >= 11 is 0. The average molecular weight is 366 g/mol. The van der Waals surface area contributed by atoms with Crippen LogP contribution < -0.4 is 21.7 Å². The molecule has 0 radical (unpaired) electrons. The van der Waals surface area contributed by atoms with Crippen LogP contribution in [0.15, 0.2) is 67.7 Å². The molecule has 0 saturated carbocycles. The van der Waals surface area contributed by atoms with Gasteiger partial charge in [-0.05, 0) is 60.4 Å². The van der Waals surface area contributed by atoms with Crippen LogP contribution in [0.4, 0.5) is 0 Å². The minimum atomic E-state index is -0.641. The molecule has 4 heteroatoms. The number of rotatable bonds is 1. The Hall–Kier alpha value is -3.66. The molecule has 0 atom stereocenters. The highest BCUT2D eigenvalue weighted by atomic mass is 16.2. The number of aryl methyl sites for hydroxylation is 2. The Balaban J connectivity index is 2.13. The van der Waals surface area contributed by atoms with Crippen LogP contribution in [0.3, 0.4) is 0 Å². The molecule has 0 unspecified atom stereocenters. The molecule has 0 amide bonds. The third-order valence-corrected chi connectivity index (χ3v) is 5.52. The normalized spacial score (nSPS) is 11.8. The van der Waals surface area contributed by atoms with Gasteiger partial charge in [-0.15, -0.1) is 0 Å². The van der Waals surface area contributed by atoms with E-state index in [1.165, 1.54) is 0 Å². The second kappa shape index (κ2) is 5.42. The van der Waals surface area contributed by atoms with E-state index in [2.05, 4.69) is 0 Å². The summed E-state index contributed by atoms with van der Waals surface area (Å²) in [7, 11) is 0. The van der Waals surface area contributed by atoms with Gasteiger partial charge in [0.25, 0.3) is 0 Å². The van der Waals surface area contributed by atoms with Crippen LogP contribution >= 0.6 is 0 Å². The smallest absolute Gasteiger partial charge is 0.234 e. The van der Waals surface area contributed by atoms with E-state index in [1.54, 1.807) is 31.2 Å². The quantitative estimate of drug-likeness (QED) is 0.338. The van der Waals surface area contributed by atoms with Crippen LogP contribution in [0.1, 0.15) is 11.1 Å². The Labute approximate surface area is 158 Å². The van der Waals surface area contributed by atoms with Crippen molar-refractivity contribution in [2.75, 3.05) is 0 Å². The molecule has 3 aromatic rings. The molecule has 2 aliphatic carbocycles. The monoisotopic (exact) mass is 366 g/mol. The largest absolute Gasteiger partial charge is 0.285 e. The molecule has 5 rings (SSSR count). The van der Waals surface area contributed by atoms with Gasteiger partial charge in [0.05, 0.1) is 0 Å². The number of hydrogen-bond donors (Lipinski definition) is 0. The highest BCUT2D eigenvalue weighted by molar-refractivity contribution is 6.12. The zero-order valence-electron chi connectivity index (χ0n) is 15.3. The van der Waals surface area contributed by atoms with Crippen LogP contribution in [0.5, 0.6) is 0 Å². The van der Waals surface area contributed by atoms with E-state index in [0.717, 1.165) is 11.1 Å². The molecule has 2 aliphatic rings. The van der Waals surface area contributed by atoms with E-state index in [4.69, 9.17) is 0 Å². The van der Waals surface area contributed by atoms with Gasteiger partial charge < -0.3 is 0 Å².